The highest BCUT2D eigenvalue weighted by Crippen LogP contribution is 2.18. The van der Waals surface area contributed by atoms with Crippen LogP contribution in [0.15, 0.2) is 0 Å². The first kappa shape index (κ1) is 12.9. The van der Waals surface area contributed by atoms with Gasteiger partial charge in [0.25, 0.3) is 0 Å². The summed E-state index contributed by atoms with van der Waals surface area (Å²) in [4.78, 5) is 2.68. The molecular formula is C11H22BrNS. The number of rotatable bonds is 5. The minimum atomic E-state index is 0.801. The number of likely N-dealkylation sites (tertiary alicyclic amines) is 1. The maximum Gasteiger partial charge on any atom is 0.0193 e. The van der Waals surface area contributed by atoms with E-state index in [1.54, 1.807) is 0 Å². The van der Waals surface area contributed by atoms with Gasteiger partial charge >= 0.3 is 0 Å². The topological polar surface area (TPSA) is 3.24 Å². The monoisotopic (exact) mass is 279 g/mol. The van der Waals surface area contributed by atoms with Crippen LogP contribution in [-0.4, -0.2) is 40.9 Å². The Balaban J connectivity index is 2.28. The van der Waals surface area contributed by atoms with Gasteiger partial charge in [-0.15, -0.1) is 0 Å². The molecule has 1 aliphatic rings. The standard InChI is InChI=1S/C11H22BrNS/c1-2-14-9-8-13-7-5-3-4-6-11(13)10-12/h11H,2-10H2,1H3. The average molecular weight is 280 g/mol. The Morgan fingerprint density at radius 1 is 1.36 bits per heavy atom. The molecule has 1 fully saturated rings. The molecule has 14 heavy (non-hydrogen) atoms. The van der Waals surface area contributed by atoms with E-state index in [-0.39, 0.29) is 0 Å². The van der Waals surface area contributed by atoms with E-state index in [1.165, 1.54) is 50.3 Å². The van der Waals surface area contributed by atoms with E-state index in [2.05, 4.69) is 39.5 Å². The van der Waals surface area contributed by atoms with E-state index in [0.717, 1.165) is 11.4 Å². The van der Waals surface area contributed by atoms with Crippen LogP contribution in [0, 0.1) is 0 Å². The molecule has 1 nitrogen and oxygen atoms in total. The lowest BCUT2D eigenvalue weighted by molar-refractivity contribution is 0.232. The number of hydrogen-bond donors (Lipinski definition) is 0. The highest BCUT2D eigenvalue weighted by molar-refractivity contribution is 9.09. The number of halogens is 1. The quantitative estimate of drug-likeness (QED) is 0.561. The van der Waals surface area contributed by atoms with Crippen molar-refractivity contribution in [1.82, 2.24) is 4.90 Å². The highest BCUT2D eigenvalue weighted by Gasteiger charge is 2.18. The summed E-state index contributed by atoms with van der Waals surface area (Å²) in [6.07, 6.45) is 5.65. The van der Waals surface area contributed by atoms with Crippen LogP contribution in [0.2, 0.25) is 0 Å². The van der Waals surface area contributed by atoms with Crippen LogP contribution in [0.3, 0.4) is 0 Å². The number of thioether (sulfide) groups is 1. The molecule has 1 aliphatic heterocycles. The lowest BCUT2D eigenvalue weighted by Gasteiger charge is -2.28. The van der Waals surface area contributed by atoms with Gasteiger partial charge in [0.15, 0.2) is 0 Å². The molecule has 0 bridgehead atoms. The maximum absolute atomic E-state index is 3.65. The average Bonchev–Trinajstić information content (AvgIpc) is 2.43. The fraction of sp³-hybridized carbons (Fsp3) is 1.00. The third kappa shape index (κ3) is 4.54. The van der Waals surface area contributed by atoms with Crippen LogP contribution >= 0.6 is 27.7 Å². The summed E-state index contributed by atoms with van der Waals surface area (Å²) in [5, 5.41) is 1.16. The first-order valence-corrected chi connectivity index (χ1v) is 8.04. The first-order chi connectivity index (χ1) is 6.88. The van der Waals surface area contributed by atoms with Crippen molar-refractivity contribution in [1.29, 1.82) is 0 Å². The van der Waals surface area contributed by atoms with Gasteiger partial charge in [-0.3, -0.25) is 4.90 Å². The fourth-order valence-corrected chi connectivity index (χ4v) is 3.42. The van der Waals surface area contributed by atoms with Crippen LogP contribution in [0.25, 0.3) is 0 Å². The largest absolute Gasteiger partial charge is 0.299 e. The highest BCUT2D eigenvalue weighted by atomic mass is 79.9. The Morgan fingerprint density at radius 2 is 2.21 bits per heavy atom. The molecule has 0 aromatic carbocycles. The zero-order valence-corrected chi connectivity index (χ0v) is 11.6. The Hall–Kier alpha value is 0.790. The summed E-state index contributed by atoms with van der Waals surface area (Å²) < 4.78 is 0. The van der Waals surface area contributed by atoms with E-state index in [4.69, 9.17) is 0 Å². The molecule has 1 rings (SSSR count). The lowest BCUT2D eigenvalue weighted by atomic mass is 10.1. The molecule has 0 aliphatic carbocycles. The third-order valence-electron chi connectivity index (χ3n) is 2.90. The molecule has 1 saturated heterocycles. The Morgan fingerprint density at radius 3 is 2.93 bits per heavy atom. The Kier molecular flexibility index (Phi) is 7.35. The van der Waals surface area contributed by atoms with Crippen LogP contribution in [0.4, 0.5) is 0 Å². The molecule has 0 aromatic rings. The molecule has 84 valence electrons. The van der Waals surface area contributed by atoms with Crippen LogP contribution in [-0.2, 0) is 0 Å². The van der Waals surface area contributed by atoms with Gasteiger partial charge in [-0.1, -0.05) is 35.7 Å². The molecular weight excluding hydrogens is 258 g/mol. The summed E-state index contributed by atoms with van der Waals surface area (Å²) in [5.41, 5.74) is 0. The van der Waals surface area contributed by atoms with Crippen molar-refractivity contribution in [2.45, 2.75) is 38.6 Å². The van der Waals surface area contributed by atoms with Crippen molar-refractivity contribution in [2.24, 2.45) is 0 Å². The molecule has 1 heterocycles. The Labute approximate surface area is 101 Å². The van der Waals surface area contributed by atoms with Crippen LogP contribution < -0.4 is 0 Å². The predicted octanol–water partition coefficient (Wildman–Crippen LogP) is 3.38. The summed E-state index contributed by atoms with van der Waals surface area (Å²) >= 11 is 5.71. The molecule has 0 N–H and O–H groups in total. The van der Waals surface area contributed by atoms with Gasteiger partial charge in [-0.2, -0.15) is 11.8 Å². The molecule has 1 atom stereocenters. The van der Waals surface area contributed by atoms with Crippen molar-refractivity contribution >= 4 is 27.7 Å². The van der Waals surface area contributed by atoms with Gasteiger partial charge in [0.2, 0.25) is 0 Å². The molecule has 0 amide bonds. The minimum Gasteiger partial charge on any atom is -0.299 e. The van der Waals surface area contributed by atoms with Gasteiger partial charge in [-0.05, 0) is 25.1 Å². The van der Waals surface area contributed by atoms with Gasteiger partial charge in [-0.25, -0.2) is 0 Å². The van der Waals surface area contributed by atoms with Crippen molar-refractivity contribution in [2.75, 3.05) is 29.9 Å². The zero-order chi connectivity index (χ0) is 10.2. The second-order valence-electron chi connectivity index (χ2n) is 3.89. The molecule has 0 radical (unpaired) electrons. The minimum absolute atomic E-state index is 0.801. The predicted molar refractivity (Wildman–Crippen MR) is 70.6 cm³/mol. The van der Waals surface area contributed by atoms with Gasteiger partial charge < -0.3 is 0 Å². The van der Waals surface area contributed by atoms with Crippen molar-refractivity contribution in [3.63, 3.8) is 0 Å². The summed E-state index contributed by atoms with van der Waals surface area (Å²) in [6.45, 7) is 4.85. The molecule has 0 aromatic heterocycles. The Bertz CT molecular complexity index is 143. The van der Waals surface area contributed by atoms with Crippen LogP contribution in [0.1, 0.15) is 32.6 Å². The second-order valence-corrected chi connectivity index (χ2v) is 5.93. The molecule has 3 heteroatoms. The smallest absolute Gasteiger partial charge is 0.0193 e. The molecule has 1 unspecified atom stereocenters. The summed E-state index contributed by atoms with van der Waals surface area (Å²) in [6, 6.07) is 0.801. The fourth-order valence-electron chi connectivity index (χ4n) is 2.03. The van der Waals surface area contributed by atoms with E-state index < -0.39 is 0 Å². The number of hydrogen-bond acceptors (Lipinski definition) is 2. The first-order valence-electron chi connectivity index (χ1n) is 5.76. The number of alkyl halides is 1. The lowest BCUT2D eigenvalue weighted by Crippen LogP contribution is -2.37. The molecule has 0 saturated carbocycles. The van der Waals surface area contributed by atoms with Crippen molar-refractivity contribution < 1.29 is 0 Å². The SMILES string of the molecule is CCSCCN1CCCCCC1CBr. The maximum atomic E-state index is 3.65. The van der Waals surface area contributed by atoms with Gasteiger partial charge in [0.05, 0.1) is 0 Å². The van der Waals surface area contributed by atoms with Crippen molar-refractivity contribution in [3.8, 4) is 0 Å². The third-order valence-corrected chi connectivity index (χ3v) is 4.53. The zero-order valence-electron chi connectivity index (χ0n) is 9.17. The van der Waals surface area contributed by atoms with Crippen molar-refractivity contribution in [3.05, 3.63) is 0 Å². The van der Waals surface area contributed by atoms with E-state index in [9.17, 15) is 0 Å². The number of nitrogens with zero attached hydrogens (tertiary/aromatic N) is 1. The van der Waals surface area contributed by atoms with E-state index in [1.807, 2.05) is 0 Å². The van der Waals surface area contributed by atoms with E-state index >= 15 is 0 Å². The summed E-state index contributed by atoms with van der Waals surface area (Å²) in [7, 11) is 0. The molecule has 0 spiro atoms. The van der Waals surface area contributed by atoms with Gasteiger partial charge in [0.1, 0.15) is 0 Å². The van der Waals surface area contributed by atoms with Crippen LogP contribution in [0.5, 0.6) is 0 Å². The second kappa shape index (κ2) is 8.00. The normalized spacial score (nSPS) is 24.9. The van der Waals surface area contributed by atoms with E-state index in [0.29, 0.717) is 0 Å². The van der Waals surface area contributed by atoms with Gasteiger partial charge in [0, 0.05) is 23.7 Å². The summed E-state index contributed by atoms with van der Waals surface area (Å²) in [5.74, 6) is 2.56.